The summed E-state index contributed by atoms with van der Waals surface area (Å²) in [5.74, 6) is 0. The van der Waals surface area contributed by atoms with Gasteiger partial charge in [-0.3, -0.25) is 4.90 Å². The summed E-state index contributed by atoms with van der Waals surface area (Å²) >= 11 is 0. The molecule has 0 aliphatic carbocycles. The Morgan fingerprint density at radius 2 is 2.21 bits per heavy atom. The molecule has 0 spiro atoms. The number of halogens is 3. The van der Waals surface area contributed by atoms with Crippen LogP contribution in [0.1, 0.15) is 19.8 Å². The van der Waals surface area contributed by atoms with Crippen molar-refractivity contribution in [3.8, 4) is 0 Å². The molecule has 0 aromatic carbocycles. The molecule has 0 bridgehead atoms. The first-order chi connectivity index (χ1) is 8.99. The van der Waals surface area contributed by atoms with Crippen molar-refractivity contribution in [3.63, 3.8) is 0 Å². The first kappa shape index (κ1) is 16.5. The summed E-state index contributed by atoms with van der Waals surface area (Å²) < 4.78 is 42.8. The van der Waals surface area contributed by atoms with Gasteiger partial charge in [0.05, 0.1) is 6.61 Å². The molecule has 1 unspecified atom stereocenters. The van der Waals surface area contributed by atoms with Gasteiger partial charge in [0.2, 0.25) is 0 Å². The number of methoxy groups -OCH3 is 1. The Morgan fingerprint density at radius 1 is 1.47 bits per heavy atom. The number of hydrogen-bond donors (Lipinski definition) is 1. The van der Waals surface area contributed by atoms with E-state index in [2.05, 4.69) is 12.2 Å². The van der Waals surface area contributed by atoms with Crippen LogP contribution in [0.5, 0.6) is 0 Å². The Bertz CT molecular complexity index is 292. The molecule has 0 fully saturated rings. The first-order valence-corrected chi connectivity index (χ1v) is 6.69. The molecule has 0 aromatic heterocycles. The molecule has 1 atom stereocenters. The average Bonchev–Trinajstić information content (AvgIpc) is 2.37. The summed E-state index contributed by atoms with van der Waals surface area (Å²) in [4.78, 5) is 2.04. The number of rotatable bonds is 7. The quantitative estimate of drug-likeness (QED) is 0.571. The lowest BCUT2D eigenvalue weighted by atomic mass is 10.1. The zero-order valence-corrected chi connectivity index (χ0v) is 11.6. The van der Waals surface area contributed by atoms with E-state index in [9.17, 15) is 13.2 Å². The summed E-state index contributed by atoms with van der Waals surface area (Å²) in [5, 5.41) is 3.29. The molecule has 1 heterocycles. The lowest BCUT2D eigenvalue weighted by molar-refractivity contribution is -0.0966. The van der Waals surface area contributed by atoms with Crippen LogP contribution in [0.25, 0.3) is 0 Å². The van der Waals surface area contributed by atoms with Gasteiger partial charge in [0, 0.05) is 38.4 Å². The zero-order chi connectivity index (χ0) is 14.3. The van der Waals surface area contributed by atoms with E-state index in [-0.39, 0.29) is 12.5 Å². The number of ether oxygens (including phenoxy) is 1. The van der Waals surface area contributed by atoms with Crippen LogP contribution in [0, 0.1) is 0 Å². The van der Waals surface area contributed by atoms with E-state index < -0.39 is 11.7 Å². The van der Waals surface area contributed by atoms with Crippen molar-refractivity contribution in [2.45, 2.75) is 32.0 Å². The van der Waals surface area contributed by atoms with E-state index in [1.54, 1.807) is 7.11 Å². The highest BCUT2D eigenvalue weighted by atomic mass is 19.4. The minimum absolute atomic E-state index is 0.0670. The minimum Gasteiger partial charge on any atom is -0.383 e. The van der Waals surface area contributed by atoms with Crippen LogP contribution < -0.4 is 5.32 Å². The number of nitrogens with zero attached hydrogens (tertiary/aromatic N) is 1. The molecule has 0 saturated heterocycles. The standard InChI is InChI=1S/C13H23F3N2O/c1-3-6-17-9-12(10-19-2)18-7-4-11(5-8-18)13(14,15)16/h4,12,17H,3,5-10H2,1-2H3. The third-order valence-electron chi connectivity index (χ3n) is 3.29. The van der Waals surface area contributed by atoms with Gasteiger partial charge in [-0.15, -0.1) is 0 Å². The van der Waals surface area contributed by atoms with Crippen molar-refractivity contribution in [2.24, 2.45) is 0 Å². The van der Waals surface area contributed by atoms with Gasteiger partial charge in [-0.05, 0) is 19.4 Å². The number of hydrogen-bond acceptors (Lipinski definition) is 3. The molecule has 0 saturated carbocycles. The van der Waals surface area contributed by atoms with Crippen LogP contribution in [-0.2, 0) is 4.74 Å². The third kappa shape index (κ3) is 5.50. The lowest BCUT2D eigenvalue weighted by Gasteiger charge is -2.34. The van der Waals surface area contributed by atoms with Crippen LogP contribution in [-0.4, -0.2) is 57.0 Å². The number of alkyl halides is 3. The second kappa shape index (κ2) is 7.87. The topological polar surface area (TPSA) is 24.5 Å². The maximum Gasteiger partial charge on any atom is 0.412 e. The van der Waals surface area contributed by atoms with E-state index in [4.69, 9.17) is 4.74 Å². The predicted molar refractivity (Wildman–Crippen MR) is 69.2 cm³/mol. The molecule has 0 amide bonds. The molecule has 1 N–H and O–H groups in total. The Balaban J connectivity index is 2.51. The summed E-state index contributed by atoms with van der Waals surface area (Å²) in [6.07, 6.45) is -1.77. The fraction of sp³-hybridized carbons (Fsp3) is 0.846. The Labute approximate surface area is 112 Å². The zero-order valence-electron chi connectivity index (χ0n) is 11.6. The van der Waals surface area contributed by atoms with Crippen LogP contribution in [0.2, 0.25) is 0 Å². The van der Waals surface area contributed by atoms with Gasteiger partial charge < -0.3 is 10.1 Å². The summed E-state index contributed by atoms with van der Waals surface area (Å²) in [6.45, 7) is 5.06. The SMILES string of the molecule is CCCNCC(COC)N1CC=C(C(F)(F)F)CC1. The van der Waals surface area contributed by atoms with Crippen molar-refractivity contribution in [2.75, 3.05) is 39.9 Å². The van der Waals surface area contributed by atoms with Crippen LogP contribution in [0.15, 0.2) is 11.6 Å². The molecule has 1 aliphatic rings. The van der Waals surface area contributed by atoms with Gasteiger partial charge in [0.15, 0.2) is 0 Å². The van der Waals surface area contributed by atoms with Gasteiger partial charge in [-0.1, -0.05) is 13.0 Å². The van der Waals surface area contributed by atoms with Gasteiger partial charge in [0.25, 0.3) is 0 Å². The molecular formula is C13H23F3N2O. The van der Waals surface area contributed by atoms with Crippen LogP contribution >= 0.6 is 0 Å². The molecule has 1 rings (SSSR count). The predicted octanol–water partition coefficient (Wildman–Crippen LogP) is 2.20. The van der Waals surface area contributed by atoms with Crippen molar-refractivity contribution in [1.29, 1.82) is 0 Å². The molecule has 6 heteroatoms. The molecule has 3 nitrogen and oxygen atoms in total. The van der Waals surface area contributed by atoms with Crippen molar-refractivity contribution < 1.29 is 17.9 Å². The van der Waals surface area contributed by atoms with E-state index >= 15 is 0 Å². The van der Waals surface area contributed by atoms with E-state index in [0.717, 1.165) is 19.5 Å². The lowest BCUT2D eigenvalue weighted by Crippen LogP contribution is -2.47. The maximum atomic E-state index is 12.5. The monoisotopic (exact) mass is 280 g/mol. The van der Waals surface area contributed by atoms with Crippen molar-refractivity contribution >= 4 is 0 Å². The highest BCUT2D eigenvalue weighted by Gasteiger charge is 2.35. The smallest absolute Gasteiger partial charge is 0.383 e. The maximum absolute atomic E-state index is 12.5. The average molecular weight is 280 g/mol. The fourth-order valence-corrected chi connectivity index (χ4v) is 2.21. The van der Waals surface area contributed by atoms with Gasteiger partial charge in [0.1, 0.15) is 0 Å². The largest absolute Gasteiger partial charge is 0.412 e. The normalized spacial score (nSPS) is 19.3. The van der Waals surface area contributed by atoms with Crippen LogP contribution in [0.3, 0.4) is 0 Å². The molecule has 112 valence electrons. The summed E-state index contributed by atoms with van der Waals surface area (Å²) in [7, 11) is 1.62. The second-order valence-electron chi connectivity index (χ2n) is 4.79. The van der Waals surface area contributed by atoms with Crippen LogP contribution in [0.4, 0.5) is 13.2 Å². The highest BCUT2D eigenvalue weighted by Crippen LogP contribution is 2.30. The first-order valence-electron chi connectivity index (χ1n) is 6.69. The van der Waals surface area contributed by atoms with E-state index in [1.165, 1.54) is 6.08 Å². The molecular weight excluding hydrogens is 257 g/mol. The Morgan fingerprint density at radius 3 is 2.68 bits per heavy atom. The third-order valence-corrected chi connectivity index (χ3v) is 3.29. The fourth-order valence-electron chi connectivity index (χ4n) is 2.21. The summed E-state index contributed by atoms with van der Waals surface area (Å²) in [6, 6.07) is 0.127. The van der Waals surface area contributed by atoms with Crippen molar-refractivity contribution in [3.05, 3.63) is 11.6 Å². The Hall–Kier alpha value is -0.590. The van der Waals surface area contributed by atoms with Gasteiger partial charge in [-0.25, -0.2) is 0 Å². The second-order valence-corrected chi connectivity index (χ2v) is 4.79. The van der Waals surface area contributed by atoms with Gasteiger partial charge in [-0.2, -0.15) is 13.2 Å². The summed E-state index contributed by atoms with van der Waals surface area (Å²) in [5.41, 5.74) is -0.401. The molecule has 1 aliphatic heterocycles. The molecule has 0 aromatic rings. The van der Waals surface area contributed by atoms with Gasteiger partial charge >= 0.3 is 6.18 Å². The highest BCUT2D eigenvalue weighted by molar-refractivity contribution is 5.13. The number of nitrogens with one attached hydrogen (secondary N) is 1. The molecule has 19 heavy (non-hydrogen) atoms. The Kier molecular flexibility index (Phi) is 6.82. The molecule has 0 radical (unpaired) electrons. The minimum atomic E-state index is -4.18. The van der Waals surface area contributed by atoms with E-state index in [1.807, 2.05) is 4.90 Å². The van der Waals surface area contributed by atoms with E-state index in [0.29, 0.717) is 19.7 Å². The van der Waals surface area contributed by atoms with Crippen molar-refractivity contribution in [1.82, 2.24) is 10.2 Å².